The van der Waals surface area contributed by atoms with Crippen molar-refractivity contribution in [2.45, 2.75) is 6.04 Å². The zero-order chi connectivity index (χ0) is 16.1. The van der Waals surface area contributed by atoms with Crippen LogP contribution in [0.5, 0.6) is 0 Å². The Morgan fingerprint density at radius 2 is 1.83 bits per heavy atom. The van der Waals surface area contributed by atoms with E-state index in [1.165, 1.54) is 0 Å². The maximum absolute atomic E-state index is 12.3. The highest BCUT2D eigenvalue weighted by Gasteiger charge is 2.17. The first-order valence-corrected chi connectivity index (χ1v) is 8.39. The van der Waals surface area contributed by atoms with Crippen LogP contribution in [0.25, 0.3) is 0 Å². The van der Waals surface area contributed by atoms with E-state index in [1.807, 2.05) is 47.8 Å². The van der Waals surface area contributed by atoms with Gasteiger partial charge in [-0.2, -0.15) is 0 Å². The highest BCUT2D eigenvalue weighted by atomic mass is 35.5. The van der Waals surface area contributed by atoms with Gasteiger partial charge in [0.1, 0.15) is 0 Å². The Labute approximate surface area is 143 Å². The molecule has 0 bridgehead atoms. The number of thiophene rings is 1. The lowest BCUT2D eigenvalue weighted by molar-refractivity contribution is 0.250. The van der Waals surface area contributed by atoms with Gasteiger partial charge in [-0.05, 0) is 35.2 Å². The third kappa shape index (κ3) is 4.12. The van der Waals surface area contributed by atoms with Gasteiger partial charge in [0.25, 0.3) is 0 Å². The number of nitrogens with one attached hydrogen (secondary N) is 2. The van der Waals surface area contributed by atoms with E-state index in [0.29, 0.717) is 10.7 Å². The number of urea groups is 1. The fraction of sp³-hybridized carbons (Fsp3) is 0.0556. The van der Waals surface area contributed by atoms with Crippen molar-refractivity contribution < 1.29 is 4.79 Å². The first kappa shape index (κ1) is 15.6. The summed E-state index contributed by atoms with van der Waals surface area (Å²) >= 11 is 7.55. The number of amides is 2. The van der Waals surface area contributed by atoms with E-state index >= 15 is 0 Å². The van der Waals surface area contributed by atoms with E-state index in [0.717, 1.165) is 10.4 Å². The third-order valence-corrected chi connectivity index (χ3v) is 4.49. The maximum atomic E-state index is 12.3. The first-order valence-electron chi connectivity index (χ1n) is 7.14. The van der Waals surface area contributed by atoms with Crippen molar-refractivity contribution in [3.8, 4) is 0 Å². The Bertz CT molecular complexity index is 775. The van der Waals surface area contributed by atoms with Gasteiger partial charge in [-0.3, -0.25) is 0 Å². The summed E-state index contributed by atoms with van der Waals surface area (Å²) < 4.78 is 0. The second-order valence-electron chi connectivity index (χ2n) is 4.97. The molecule has 1 heterocycles. The van der Waals surface area contributed by atoms with Crippen LogP contribution < -0.4 is 10.6 Å². The normalized spacial score (nSPS) is 11.7. The van der Waals surface area contributed by atoms with Gasteiger partial charge in [-0.25, -0.2) is 4.79 Å². The van der Waals surface area contributed by atoms with E-state index in [4.69, 9.17) is 11.6 Å². The Kier molecular flexibility index (Phi) is 4.95. The number of anilines is 1. The highest BCUT2D eigenvalue weighted by molar-refractivity contribution is 7.10. The molecule has 0 radical (unpaired) electrons. The molecular weight excluding hydrogens is 328 g/mol. The Morgan fingerprint density at radius 1 is 1.00 bits per heavy atom. The molecule has 3 aromatic rings. The summed E-state index contributed by atoms with van der Waals surface area (Å²) in [6, 6.07) is 20.5. The zero-order valence-electron chi connectivity index (χ0n) is 12.2. The molecule has 2 N–H and O–H groups in total. The van der Waals surface area contributed by atoms with Crippen molar-refractivity contribution in [2.24, 2.45) is 0 Å². The Morgan fingerprint density at radius 3 is 2.52 bits per heavy atom. The van der Waals surface area contributed by atoms with Crippen molar-refractivity contribution in [3.63, 3.8) is 0 Å². The van der Waals surface area contributed by atoms with E-state index in [1.54, 1.807) is 35.6 Å². The SMILES string of the molecule is O=C(Nc1cccc(Cl)c1)N[C@H](c1ccccc1)c1cccs1. The molecule has 3 nitrogen and oxygen atoms in total. The summed E-state index contributed by atoms with van der Waals surface area (Å²) in [5, 5.41) is 8.42. The van der Waals surface area contributed by atoms with Crippen LogP contribution in [0.2, 0.25) is 5.02 Å². The molecule has 0 aliphatic heterocycles. The fourth-order valence-electron chi connectivity index (χ4n) is 2.28. The van der Waals surface area contributed by atoms with Crippen LogP contribution in [0.3, 0.4) is 0 Å². The second-order valence-corrected chi connectivity index (χ2v) is 6.38. The average Bonchev–Trinajstić information content (AvgIpc) is 3.07. The Balaban J connectivity index is 1.77. The predicted molar refractivity (Wildman–Crippen MR) is 96.2 cm³/mol. The summed E-state index contributed by atoms with van der Waals surface area (Å²) in [5.41, 5.74) is 1.70. The highest BCUT2D eigenvalue weighted by Crippen LogP contribution is 2.26. The van der Waals surface area contributed by atoms with E-state index < -0.39 is 0 Å². The quantitative estimate of drug-likeness (QED) is 0.662. The molecular formula is C18H15ClN2OS. The zero-order valence-corrected chi connectivity index (χ0v) is 13.8. The van der Waals surface area contributed by atoms with Gasteiger partial charge >= 0.3 is 6.03 Å². The minimum absolute atomic E-state index is 0.185. The van der Waals surface area contributed by atoms with Gasteiger partial charge in [-0.1, -0.05) is 54.1 Å². The maximum Gasteiger partial charge on any atom is 0.320 e. The topological polar surface area (TPSA) is 41.1 Å². The van der Waals surface area contributed by atoms with Gasteiger partial charge in [0.2, 0.25) is 0 Å². The van der Waals surface area contributed by atoms with Crippen LogP contribution >= 0.6 is 22.9 Å². The standard InChI is InChI=1S/C18H15ClN2OS/c19-14-8-4-9-15(12-14)20-18(22)21-17(16-10-5-11-23-16)13-6-2-1-3-7-13/h1-12,17H,(H2,20,21,22)/t17-/m1/s1. The molecule has 3 rings (SSSR count). The molecule has 0 saturated heterocycles. The van der Waals surface area contributed by atoms with Crippen molar-refractivity contribution in [1.29, 1.82) is 0 Å². The molecule has 0 aliphatic rings. The van der Waals surface area contributed by atoms with Gasteiger partial charge in [-0.15, -0.1) is 11.3 Å². The largest absolute Gasteiger partial charge is 0.326 e. The molecule has 116 valence electrons. The lowest BCUT2D eigenvalue weighted by atomic mass is 10.1. The smallest absolute Gasteiger partial charge is 0.320 e. The minimum atomic E-state index is -0.269. The van der Waals surface area contributed by atoms with Crippen molar-refractivity contribution in [2.75, 3.05) is 5.32 Å². The number of rotatable bonds is 4. The van der Waals surface area contributed by atoms with Crippen LogP contribution in [-0.4, -0.2) is 6.03 Å². The van der Waals surface area contributed by atoms with E-state index in [-0.39, 0.29) is 12.1 Å². The number of hydrogen-bond donors (Lipinski definition) is 2. The van der Waals surface area contributed by atoms with Crippen LogP contribution in [0.15, 0.2) is 72.1 Å². The molecule has 2 aromatic carbocycles. The van der Waals surface area contributed by atoms with Crippen molar-refractivity contribution in [1.82, 2.24) is 5.32 Å². The number of halogens is 1. The molecule has 0 fully saturated rings. The summed E-state index contributed by atoms with van der Waals surface area (Å²) in [6.07, 6.45) is 0. The van der Waals surface area contributed by atoms with Gasteiger partial charge in [0, 0.05) is 15.6 Å². The molecule has 0 saturated carbocycles. The second kappa shape index (κ2) is 7.31. The first-order chi connectivity index (χ1) is 11.2. The van der Waals surface area contributed by atoms with Crippen LogP contribution in [0.1, 0.15) is 16.5 Å². The Hall–Kier alpha value is -2.30. The average molecular weight is 343 g/mol. The summed E-state index contributed by atoms with van der Waals surface area (Å²) in [5.74, 6) is 0. The van der Waals surface area contributed by atoms with Gasteiger partial charge in [0.15, 0.2) is 0 Å². The lowest BCUT2D eigenvalue weighted by Crippen LogP contribution is -2.32. The molecule has 0 aliphatic carbocycles. The third-order valence-electron chi connectivity index (χ3n) is 3.32. The summed E-state index contributed by atoms with van der Waals surface area (Å²) in [4.78, 5) is 13.4. The number of benzene rings is 2. The number of carbonyl (C=O) groups is 1. The van der Waals surface area contributed by atoms with Crippen molar-refractivity contribution in [3.05, 3.63) is 87.6 Å². The van der Waals surface area contributed by atoms with Crippen LogP contribution in [0, 0.1) is 0 Å². The monoisotopic (exact) mass is 342 g/mol. The molecule has 23 heavy (non-hydrogen) atoms. The number of hydrogen-bond acceptors (Lipinski definition) is 2. The molecule has 0 unspecified atom stereocenters. The summed E-state index contributed by atoms with van der Waals surface area (Å²) in [7, 11) is 0. The van der Waals surface area contributed by atoms with Gasteiger partial charge < -0.3 is 10.6 Å². The van der Waals surface area contributed by atoms with E-state index in [9.17, 15) is 4.79 Å². The number of carbonyl (C=O) groups excluding carboxylic acids is 1. The minimum Gasteiger partial charge on any atom is -0.326 e. The van der Waals surface area contributed by atoms with E-state index in [2.05, 4.69) is 10.6 Å². The van der Waals surface area contributed by atoms with Crippen molar-refractivity contribution >= 4 is 34.7 Å². The van der Waals surface area contributed by atoms with Crippen LogP contribution in [0.4, 0.5) is 10.5 Å². The predicted octanol–water partition coefficient (Wildman–Crippen LogP) is 5.31. The summed E-state index contributed by atoms with van der Waals surface area (Å²) in [6.45, 7) is 0. The fourth-order valence-corrected chi connectivity index (χ4v) is 3.28. The molecule has 1 atom stereocenters. The molecule has 2 amide bonds. The molecule has 0 spiro atoms. The van der Waals surface area contributed by atoms with Gasteiger partial charge in [0.05, 0.1) is 6.04 Å². The lowest BCUT2D eigenvalue weighted by Gasteiger charge is -2.18. The van der Waals surface area contributed by atoms with Crippen LogP contribution in [-0.2, 0) is 0 Å². The molecule has 5 heteroatoms. The molecule has 1 aromatic heterocycles.